The molecule has 14 heavy (non-hydrogen) atoms. The fourth-order valence-electron chi connectivity index (χ4n) is 1.36. The number of aromatic nitrogens is 2. The molecule has 0 atom stereocenters. The Morgan fingerprint density at radius 3 is 2.93 bits per heavy atom. The molecule has 0 radical (unpaired) electrons. The summed E-state index contributed by atoms with van der Waals surface area (Å²) in [5.74, 6) is -0.360. The van der Waals surface area contributed by atoms with E-state index in [1.165, 1.54) is 12.4 Å². The molecule has 1 N–H and O–H groups in total. The van der Waals surface area contributed by atoms with Gasteiger partial charge in [-0.3, -0.25) is 10.1 Å². The van der Waals surface area contributed by atoms with E-state index in [-0.39, 0.29) is 17.0 Å². The van der Waals surface area contributed by atoms with Crippen LogP contribution in [0.3, 0.4) is 0 Å². The molecule has 0 aliphatic carbocycles. The zero-order valence-electron chi connectivity index (χ0n) is 7.34. The number of fused-ring (bicyclic) bond motifs is 1. The van der Waals surface area contributed by atoms with E-state index in [0.29, 0.717) is 5.52 Å². The lowest BCUT2D eigenvalue weighted by Gasteiger charge is -1.97. The average Bonchev–Trinajstić information content (AvgIpc) is 2.47. The summed E-state index contributed by atoms with van der Waals surface area (Å²) < 4.78 is 1.65. The molecule has 1 heterocycles. The number of nitro benzene ring substituents is 1. The molecule has 0 spiro atoms. The molecule has 0 aliphatic rings. The molecule has 0 saturated carbocycles. The van der Waals surface area contributed by atoms with Crippen molar-refractivity contribution < 1.29 is 10.0 Å². The summed E-state index contributed by atoms with van der Waals surface area (Å²) in [7, 11) is 1.73. The molecule has 1 aromatic carbocycles. The Labute approximate surface area is 78.6 Å². The molecule has 6 heteroatoms. The maximum Gasteiger partial charge on any atom is 0.338 e. The molecule has 0 unspecified atom stereocenters. The van der Waals surface area contributed by atoms with E-state index in [9.17, 15) is 15.2 Å². The second kappa shape index (κ2) is 2.69. The molecule has 0 fully saturated rings. The Balaban J connectivity index is 2.90. The van der Waals surface area contributed by atoms with E-state index in [2.05, 4.69) is 4.98 Å². The van der Waals surface area contributed by atoms with E-state index in [4.69, 9.17) is 0 Å². The van der Waals surface area contributed by atoms with Crippen LogP contribution in [0.2, 0.25) is 0 Å². The summed E-state index contributed by atoms with van der Waals surface area (Å²) in [4.78, 5) is 13.9. The summed E-state index contributed by atoms with van der Waals surface area (Å²) in [5, 5.41) is 19.9. The zero-order valence-corrected chi connectivity index (χ0v) is 7.34. The molecule has 0 aliphatic heterocycles. The van der Waals surface area contributed by atoms with Crippen molar-refractivity contribution >= 4 is 16.7 Å². The van der Waals surface area contributed by atoms with Gasteiger partial charge in [0.05, 0.1) is 16.8 Å². The third kappa shape index (κ3) is 1.00. The van der Waals surface area contributed by atoms with Gasteiger partial charge in [-0.2, -0.15) is 0 Å². The van der Waals surface area contributed by atoms with Crippen molar-refractivity contribution in [2.45, 2.75) is 0 Å². The van der Waals surface area contributed by atoms with Crippen molar-refractivity contribution in [1.82, 2.24) is 9.55 Å². The Morgan fingerprint density at radius 2 is 2.29 bits per heavy atom. The first-order valence-electron chi connectivity index (χ1n) is 3.88. The average molecular weight is 193 g/mol. The van der Waals surface area contributed by atoms with Crippen LogP contribution in [-0.4, -0.2) is 19.6 Å². The van der Waals surface area contributed by atoms with Crippen LogP contribution in [0.1, 0.15) is 0 Å². The van der Waals surface area contributed by atoms with E-state index >= 15 is 0 Å². The maximum absolute atomic E-state index is 10.6. The van der Waals surface area contributed by atoms with Crippen molar-refractivity contribution in [3.8, 4) is 5.75 Å². The molecule has 6 nitrogen and oxygen atoms in total. The Morgan fingerprint density at radius 1 is 1.57 bits per heavy atom. The second-order valence-electron chi connectivity index (χ2n) is 2.91. The highest BCUT2D eigenvalue weighted by Gasteiger charge is 2.20. The lowest BCUT2D eigenvalue weighted by atomic mass is 10.2. The fourth-order valence-corrected chi connectivity index (χ4v) is 1.36. The number of phenolic OH excluding ortho intramolecular Hbond substituents is 1. The van der Waals surface area contributed by atoms with Gasteiger partial charge in [0.15, 0.2) is 11.3 Å². The highest BCUT2D eigenvalue weighted by atomic mass is 16.6. The van der Waals surface area contributed by atoms with Gasteiger partial charge in [-0.15, -0.1) is 0 Å². The number of imidazole rings is 1. The molecule has 0 bridgehead atoms. The van der Waals surface area contributed by atoms with Crippen molar-refractivity contribution in [3.05, 3.63) is 28.6 Å². The first-order chi connectivity index (χ1) is 6.61. The summed E-state index contributed by atoms with van der Waals surface area (Å²) in [6, 6.07) is 2.88. The van der Waals surface area contributed by atoms with Crippen LogP contribution in [0.4, 0.5) is 5.69 Å². The first kappa shape index (κ1) is 8.49. The number of hydrogen-bond donors (Lipinski definition) is 1. The van der Waals surface area contributed by atoms with Gasteiger partial charge in [-0.05, 0) is 12.1 Å². The van der Waals surface area contributed by atoms with Gasteiger partial charge < -0.3 is 9.67 Å². The second-order valence-corrected chi connectivity index (χ2v) is 2.91. The SMILES string of the molecule is Cn1cnc2c([N+](=O)[O-])c(O)ccc21. The number of hydrogen-bond acceptors (Lipinski definition) is 4. The molecule has 1 aromatic heterocycles. The first-order valence-corrected chi connectivity index (χ1v) is 3.88. The van der Waals surface area contributed by atoms with Crippen LogP contribution in [0.25, 0.3) is 11.0 Å². The predicted molar refractivity (Wildman–Crippen MR) is 49.0 cm³/mol. The van der Waals surface area contributed by atoms with Gasteiger partial charge >= 0.3 is 5.69 Å². The largest absolute Gasteiger partial charge is 0.502 e. The fraction of sp³-hybridized carbons (Fsp3) is 0.125. The zero-order chi connectivity index (χ0) is 10.3. The molecule has 72 valence electrons. The monoisotopic (exact) mass is 193 g/mol. The van der Waals surface area contributed by atoms with E-state index in [0.717, 1.165) is 0 Å². The maximum atomic E-state index is 10.6. The van der Waals surface area contributed by atoms with Crippen LogP contribution >= 0.6 is 0 Å². The van der Waals surface area contributed by atoms with Gasteiger partial charge in [0, 0.05) is 7.05 Å². The van der Waals surface area contributed by atoms with Crippen LogP contribution in [-0.2, 0) is 7.05 Å². The van der Waals surface area contributed by atoms with Crippen LogP contribution < -0.4 is 0 Å². The molecule has 0 saturated heterocycles. The number of aromatic hydroxyl groups is 1. The number of nitrogens with zero attached hydrogens (tertiary/aromatic N) is 3. The van der Waals surface area contributed by atoms with Crippen LogP contribution in [0, 0.1) is 10.1 Å². The summed E-state index contributed by atoms with van der Waals surface area (Å²) in [6.07, 6.45) is 1.47. The molecular formula is C8H7N3O3. The lowest BCUT2D eigenvalue weighted by Crippen LogP contribution is -1.91. The molecule has 0 amide bonds. The van der Waals surface area contributed by atoms with Gasteiger partial charge in [-0.25, -0.2) is 4.98 Å². The Hall–Kier alpha value is -2.11. The minimum Gasteiger partial charge on any atom is -0.502 e. The van der Waals surface area contributed by atoms with Crippen molar-refractivity contribution in [2.75, 3.05) is 0 Å². The number of aryl methyl sites for hydroxylation is 1. The Bertz CT molecular complexity index is 518. The van der Waals surface area contributed by atoms with Crippen LogP contribution in [0.15, 0.2) is 18.5 Å². The minimum absolute atomic E-state index is 0.206. The van der Waals surface area contributed by atoms with Crippen molar-refractivity contribution in [1.29, 1.82) is 0 Å². The normalized spacial score (nSPS) is 10.6. The summed E-state index contributed by atoms with van der Waals surface area (Å²) >= 11 is 0. The van der Waals surface area contributed by atoms with Crippen LogP contribution in [0.5, 0.6) is 5.75 Å². The third-order valence-electron chi connectivity index (χ3n) is 2.03. The molecular weight excluding hydrogens is 186 g/mol. The number of nitro groups is 1. The standard InChI is InChI=1S/C8H7N3O3/c1-10-4-9-7-5(10)2-3-6(12)8(7)11(13)14/h2-4,12H,1H3. The molecule has 2 rings (SSSR count). The lowest BCUT2D eigenvalue weighted by molar-refractivity contribution is -0.384. The van der Waals surface area contributed by atoms with E-state index in [1.54, 1.807) is 17.7 Å². The predicted octanol–water partition coefficient (Wildman–Crippen LogP) is 1.19. The smallest absolute Gasteiger partial charge is 0.338 e. The van der Waals surface area contributed by atoms with Crippen molar-refractivity contribution in [3.63, 3.8) is 0 Å². The van der Waals surface area contributed by atoms with E-state index < -0.39 is 4.92 Å². The number of benzene rings is 1. The minimum atomic E-state index is -0.634. The van der Waals surface area contributed by atoms with Crippen molar-refractivity contribution in [2.24, 2.45) is 7.05 Å². The van der Waals surface area contributed by atoms with E-state index in [1.807, 2.05) is 0 Å². The highest BCUT2D eigenvalue weighted by Crippen LogP contribution is 2.32. The molecule has 2 aromatic rings. The third-order valence-corrected chi connectivity index (χ3v) is 2.03. The number of phenols is 1. The summed E-state index contributed by atoms with van der Waals surface area (Å²) in [6.45, 7) is 0. The van der Waals surface area contributed by atoms with Gasteiger partial charge in [-0.1, -0.05) is 0 Å². The quantitative estimate of drug-likeness (QED) is 0.544. The number of rotatable bonds is 1. The summed E-state index contributed by atoms with van der Waals surface area (Å²) in [5.41, 5.74) is 0.482. The topological polar surface area (TPSA) is 81.2 Å². The highest BCUT2D eigenvalue weighted by molar-refractivity contribution is 5.87. The van der Waals surface area contributed by atoms with Gasteiger partial charge in [0.25, 0.3) is 0 Å². The van der Waals surface area contributed by atoms with Gasteiger partial charge in [0.1, 0.15) is 0 Å². The van der Waals surface area contributed by atoms with Gasteiger partial charge in [0.2, 0.25) is 0 Å². The Kier molecular flexibility index (Phi) is 1.63.